The zero-order chi connectivity index (χ0) is 25.0. The molecule has 1 spiro atoms. The fourth-order valence-electron chi connectivity index (χ4n) is 8.03. The van der Waals surface area contributed by atoms with Gasteiger partial charge < -0.3 is 34.3 Å². The number of ketones is 1. The van der Waals surface area contributed by atoms with Crippen molar-refractivity contribution in [3.8, 4) is 0 Å². The summed E-state index contributed by atoms with van der Waals surface area (Å²) in [4.78, 5) is 50.9. The van der Waals surface area contributed by atoms with Crippen molar-refractivity contribution in [2.24, 2.45) is 28.6 Å². The summed E-state index contributed by atoms with van der Waals surface area (Å²) in [6, 6.07) is 0. The maximum atomic E-state index is 13.1. The zero-order valence-electron chi connectivity index (χ0n) is 19.3. The number of ether oxygens (including phenoxy) is 4. The molecule has 2 saturated heterocycles. The maximum absolute atomic E-state index is 13.1. The maximum Gasteiger partial charge on any atom is 0.348 e. The molecule has 5 unspecified atom stereocenters. The molecule has 2 aliphatic heterocycles. The van der Waals surface area contributed by atoms with E-state index in [2.05, 4.69) is 0 Å². The fraction of sp³-hybridized carbons (Fsp3) is 0.739. The standard InChI is InChI=1S/C23H28O11/c1-8-10-5-12-22-7-32-23(20(30)31-4,17(22)15(19(29)34-12)33-9(2)24)18(28)14(27)16(22)21(10,3)6-11(25)13(8)26/h10,12,14-18,26-28H,5-7H2,1-4H3/t10?,12?,14?,15-,16?,17?,18+,21+,22-,23-/m1/s1. The lowest BCUT2D eigenvalue weighted by Crippen LogP contribution is -2.79. The highest BCUT2D eigenvalue weighted by molar-refractivity contribution is 5.95. The van der Waals surface area contributed by atoms with E-state index >= 15 is 0 Å². The highest BCUT2D eigenvalue weighted by atomic mass is 16.6. The van der Waals surface area contributed by atoms with Crippen LogP contribution in [0, 0.1) is 28.6 Å². The molecule has 5 aliphatic rings. The minimum absolute atomic E-state index is 0.131. The first-order valence-electron chi connectivity index (χ1n) is 11.3. The van der Waals surface area contributed by atoms with Crippen LogP contribution in [0.1, 0.15) is 33.6 Å². The molecule has 186 valence electrons. The van der Waals surface area contributed by atoms with Gasteiger partial charge in [-0.05, 0) is 30.3 Å². The largest absolute Gasteiger partial charge is 0.504 e. The van der Waals surface area contributed by atoms with Crippen molar-refractivity contribution in [3.63, 3.8) is 0 Å². The van der Waals surface area contributed by atoms with Gasteiger partial charge in [0.1, 0.15) is 12.2 Å². The number of hydrogen-bond donors (Lipinski definition) is 3. The monoisotopic (exact) mass is 480 g/mol. The van der Waals surface area contributed by atoms with Gasteiger partial charge in [0.05, 0.1) is 25.7 Å². The highest BCUT2D eigenvalue weighted by Crippen LogP contribution is 2.72. The molecule has 0 radical (unpaired) electrons. The molecule has 3 N–H and O–H groups in total. The summed E-state index contributed by atoms with van der Waals surface area (Å²) < 4.78 is 22.0. The van der Waals surface area contributed by atoms with Crippen LogP contribution in [-0.2, 0) is 38.1 Å². The molecule has 2 bridgehead atoms. The molecule has 0 aromatic carbocycles. The number of hydrogen-bond acceptors (Lipinski definition) is 11. The second-order valence-electron chi connectivity index (χ2n) is 10.5. The van der Waals surface area contributed by atoms with Crippen molar-refractivity contribution in [3.05, 3.63) is 11.3 Å². The Bertz CT molecular complexity index is 1030. The quantitative estimate of drug-likeness (QED) is 0.347. The summed E-state index contributed by atoms with van der Waals surface area (Å²) in [5, 5.41) is 33.3. The van der Waals surface area contributed by atoms with Crippen LogP contribution in [0.2, 0.25) is 0 Å². The number of aliphatic hydroxyl groups is 3. The number of esters is 3. The van der Waals surface area contributed by atoms with E-state index < -0.39 is 82.3 Å². The Hall–Kier alpha value is -2.50. The van der Waals surface area contributed by atoms with Crippen LogP contribution in [0.3, 0.4) is 0 Å². The van der Waals surface area contributed by atoms with Gasteiger partial charge in [0.15, 0.2) is 11.5 Å². The molecule has 5 rings (SSSR count). The minimum atomic E-state index is -2.18. The van der Waals surface area contributed by atoms with Gasteiger partial charge in [-0.2, -0.15) is 0 Å². The molecule has 0 amide bonds. The molecule has 0 aromatic rings. The van der Waals surface area contributed by atoms with Gasteiger partial charge in [-0.15, -0.1) is 0 Å². The van der Waals surface area contributed by atoms with E-state index in [4.69, 9.17) is 18.9 Å². The molecule has 3 aliphatic carbocycles. The topological polar surface area (TPSA) is 166 Å². The third-order valence-electron chi connectivity index (χ3n) is 9.13. The molecule has 0 aromatic heterocycles. The van der Waals surface area contributed by atoms with Crippen molar-refractivity contribution in [2.75, 3.05) is 13.7 Å². The van der Waals surface area contributed by atoms with E-state index in [0.29, 0.717) is 5.57 Å². The molecular weight excluding hydrogens is 452 g/mol. The number of Topliss-reactive ketones (excluding diaryl/α,β-unsaturated/α-hetero) is 1. The van der Waals surface area contributed by atoms with E-state index in [9.17, 15) is 34.5 Å². The third kappa shape index (κ3) is 2.42. The summed E-state index contributed by atoms with van der Waals surface area (Å²) >= 11 is 0. The van der Waals surface area contributed by atoms with Crippen LogP contribution < -0.4 is 0 Å². The molecule has 2 heterocycles. The zero-order valence-corrected chi connectivity index (χ0v) is 19.3. The smallest absolute Gasteiger partial charge is 0.348 e. The minimum Gasteiger partial charge on any atom is -0.504 e. The Kier molecular flexibility index (Phi) is 4.80. The molecule has 4 fully saturated rings. The SMILES string of the molecule is COC(=O)[C@]12OC[C@@]34C(CC5C(C)=C(O)C(=O)C[C@]5(C)C3C(O)[C@@H]1O)OC(=O)[C@H](OC(C)=O)C42. The number of rotatable bonds is 2. The van der Waals surface area contributed by atoms with Gasteiger partial charge in [0.25, 0.3) is 0 Å². The van der Waals surface area contributed by atoms with Crippen molar-refractivity contribution < 1.29 is 53.4 Å². The van der Waals surface area contributed by atoms with E-state index in [1.54, 1.807) is 13.8 Å². The lowest BCUT2D eigenvalue weighted by atomic mass is 9.38. The first-order valence-corrected chi connectivity index (χ1v) is 11.3. The van der Waals surface area contributed by atoms with Gasteiger partial charge in [0, 0.05) is 24.7 Å². The number of aliphatic hydroxyl groups excluding tert-OH is 3. The highest BCUT2D eigenvalue weighted by Gasteiger charge is 2.85. The Labute approximate surface area is 195 Å². The molecule has 11 heteroatoms. The number of carbonyl (C=O) groups is 4. The molecule has 11 nitrogen and oxygen atoms in total. The van der Waals surface area contributed by atoms with E-state index in [1.165, 1.54) is 0 Å². The molecule has 34 heavy (non-hydrogen) atoms. The van der Waals surface area contributed by atoms with Crippen LogP contribution in [0.5, 0.6) is 0 Å². The van der Waals surface area contributed by atoms with Crippen LogP contribution in [0.15, 0.2) is 11.3 Å². The van der Waals surface area contributed by atoms with Crippen molar-refractivity contribution in [2.45, 2.75) is 63.6 Å². The summed E-state index contributed by atoms with van der Waals surface area (Å²) in [6.07, 6.45) is -5.85. The Morgan fingerprint density at radius 2 is 1.85 bits per heavy atom. The number of fused-ring (bicyclic) bond motifs is 2. The summed E-state index contributed by atoms with van der Waals surface area (Å²) in [5.74, 6) is -6.15. The van der Waals surface area contributed by atoms with Gasteiger partial charge in [-0.25, -0.2) is 9.59 Å². The lowest BCUT2D eigenvalue weighted by molar-refractivity contribution is -0.290. The molecule has 10 atom stereocenters. The van der Waals surface area contributed by atoms with E-state index in [1.807, 2.05) is 0 Å². The van der Waals surface area contributed by atoms with Crippen LogP contribution in [0.4, 0.5) is 0 Å². The Morgan fingerprint density at radius 3 is 2.47 bits per heavy atom. The van der Waals surface area contributed by atoms with Crippen molar-refractivity contribution in [1.29, 1.82) is 0 Å². The first kappa shape index (κ1) is 23.3. The number of allylic oxidation sites excluding steroid dienone is 2. The predicted molar refractivity (Wildman–Crippen MR) is 109 cm³/mol. The molecule has 2 saturated carbocycles. The van der Waals surface area contributed by atoms with E-state index in [0.717, 1.165) is 14.0 Å². The Morgan fingerprint density at radius 1 is 1.18 bits per heavy atom. The number of carbonyl (C=O) groups excluding carboxylic acids is 4. The van der Waals surface area contributed by atoms with Crippen molar-refractivity contribution in [1.82, 2.24) is 0 Å². The average molecular weight is 480 g/mol. The first-order chi connectivity index (χ1) is 15.9. The van der Waals surface area contributed by atoms with Crippen molar-refractivity contribution >= 4 is 23.7 Å². The summed E-state index contributed by atoms with van der Waals surface area (Å²) in [6.45, 7) is 4.30. The lowest BCUT2D eigenvalue weighted by Gasteiger charge is -2.67. The third-order valence-corrected chi connectivity index (χ3v) is 9.13. The van der Waals surface area contributed by atoms with E-state index in [-0.39, 0.29) is 25.2 Å². The second-order valence-corrected chi connectivity index (χ2v) is 10.5. The van der Waals surface area contributed by atoms with Gasteiger partial charge in [0.2, 0.25) is 11.7 Å². The molecular formula is C23H28O11. The van der Waals surface area contributed by atoms with Crippen LogP contribution in [-0.4, -0.2) is 82.7 Å². The summed E-state index contributed by atoms with van der Waals surface area (Å²) in [5.41, 5.74) is -4.02. The summed E-state index contributed by atoms with van der Waals surface area (Å²) in [7, 11) is 1.09. The Balaban J connectivity index is 1.78. The fourth-order valence-corrected chi connectivity index (χ4v) is 8.03. The normalized spacial score (nSPS) is 49.1. The number of methoxy groups -OCH3 is 1. The van der Waals surface area contributed by atoms with Crippen LogP contribution in [0.25, 0.3) is 0 Å². The van der Waals surface area contributed by atoms with Crippen LogP contribution >= 0.6 is 0 Å². The predicted octanol–water partition coefficient (Wildman–Crippen LogP) is -0.429. The average Bonchev–Trinajstić information content (AvgIpc) is 3.08. The second kappa shape index (κ2) is 7.02. The van der Waals surface area contributed by atoms with Gasteiger partial charge in [-0.3, -0.25) is 9.59 Å². The van der Waals surface area contributed by atoms with Gasteiger partial charge in [-0.1, -0.05) is 6.92 Å². The van der Waals surface area contributed by atoms with Gasteiger partial charge >= 0.3 is 17.9 Å².